The molecule has 0 fully saturated rings. The number of carboxylic acids is 1. The van der Waals surface area contributed by atoms with E-state index in [1.54, 1.807) is 6.92 Å². The van der Waals surface area contributed by atoms with Crippen molar-refractivity contribution < 1.29 is 23.1 Å². The molecule has 0 aromatic heterocycles. The zero-order valence-electron chi connectivity index (χ0n) is 8.64. The second-order valence-corrected chi connectivity index (χ2v) is 3.51. The zero-order chi connectivity index (χ0) is 12.3. The largest absolute Gasteiger partial charge is 0.481 e. The Kier molecular flexibility index (Phi) is 3.93. The van der Waals surface area contributed by atoms with Gasteiger partial charge in [-0.05, 0) is 24.5 Å². The number of carboxylic acid groups (broad SMARTS) is 1. The van der Waals surface area contributed by atoms with Gasteiger partial charge in [0.15, 0.2) is 11.6 Å². The highest BCUT2D eigenvalue weighted by Gasteiger charge is 2.19. The van der Waals surface area contributed by atoms with Crippen LogP contribution >= 0.6 is 0 Å². The predicted octanol–water partition coefficient (Wildman–Crippen LogP) is 2.76. The molecule has 0 heterocycles. The van der Waals surface area contributed by atoms with Crippen LogP contribution in [-0.4, -0.2) is 11.1 Å². The fourth-order valence-corrected chi connectivity index (χ4v) is 1.39. The van der Waals surface area contributed by atoms with Gasteiger partial charge in [0, 0.05) is 6.07 Å². The van der Waals surface area contributed by atoms with Crippen LogP contribution in [0.25, 0.3) is 0 Å². The summed E-state index contributed by atoms with van der Waals surface area (Å²) in [7, 11) is 0. The first-order chi connectivity index (χ1) is 7.45. The number of carbonyl (C=O) groups is 1. The average molecular weight is 232 g/mol. The van der Waals surface area contributed by atoms with E-state index in [2.05, 4.69) is 0 Å². The molecule has 88 valence electrons. The van der Waals surface area contributed by atoms with Gasteiger partial charge in [0.05, 0.1) is 5.92 Å². The molecule has 0 spiro atoms. The third-order valence-electron chi connectivity index (χ3n) is 2.40. The summed E-state index contributed by atoms with van der Waals surface area (Å²) in [6, 6.07) is 1.13. The summed E-state index contributed by atoms with van der Waals surface area (Å²) < 4.78 is 38.6. The molecule has 0 aliphatic rings. The van der Waals surface area contributed by atoms with Crippen molar-refractivity contribution in [3.63, 3.8) is 0 Å². The Morgan fingerprint density at radius 2 is 1.81 bits per heavy atom. The van der Waals surface area contributed by atoms with Gasteiger partial charge >= 0.3 is 5.97 Å². The Bertz CT molecular complexity index is 404. The van der Waals surface area contributed by atoms with Crippen molar-refractivity contribution in [1.29, 1.82) is 0 Å². The van der Waals surface area contributed by atoms with Gasteiger partial charge in [0.25, 0.3) is 0 Å². The van der Waals surface area contributed by atoms with E-state index in [1.165, 1.54) is 0 Å². The second-order valence-electron chi connectivity index (χ2n) is 3.51. The lowest BCUT2D eigenvalue weighted by Gasteiger charge is -2.10. The monoisotopic (exact) mass is 232 g/mol. The van der Waals surface area contributed by atoms with Gasteiger partial charge in [-0.25, -0.2) is 13.2 Å². The van der Waals surface area contributed by atoms with Crippen LogP contribution in [0.15, 0.2) is 12.1 Å². The molecule has 1 unspecified atom stereocenters. The predicted molar refractivity (Wildman–Crippen MR) is 51.4 cm³/mol. The lowest BCUT2D eigenvalue weighted by Crippen LogP contribution is -2.16. The van der Waals surface area contributed by atoms with Crippen LogP contribution in [0.1, 0.15) is 18.9 Å². The third-order valence-corrected chi connectivity index (χ3v) is 2.40. The maximum Gasteiger partial charge on any atom is 0.306 e. The number of hydrogen-bond donors (Lipinski definition) is 1. The van der Waals surface area contributed by atoms with Gasteiger partial charge in [-0.15, -0.1) is 0 Å². The molecule has 1 aromatic carbocycles. The molecule has 1 aromatic rings. The Morgan fingerprint density at radius 1 is 1.25 bits per heavy atom. The number of halogens is 3. The molecule has 0 aliphatic carbocycles. The summed E-state index contributed by atoms with van der Waals surface area (Å²) in [6.45, 7) is 1.64. The van der Waals surface area contributed by atoms with E-state index in [1.807, 2.05) is 0 Å². The quantitative estimate of drug-likeness (QED) is 0.810. The maximum atomic E-state index is 13.2. The molecule has 1 rings (SSSR count). The summed E-state index contributed by atoms with van der Waals surface area (Å²) in [4.78, 5) is 10.7. The van der Waals surface area contributed by atoms with Gasteiger partial charge in [-0.1, -0.05) is 6.92 Å². The van der Waals surface area contributed by atoms with Crippen LogP contribution in [0, 0.1) is 23.4 Å². The van der Waals surface area contributed by atoms with E-state index in [9.17, 15) is 18.0 Å². The summed E-state index contributed by atoms with van der Waals surface area (Å²) in [5, 5.41) is 8.76. The molecule has 0 amide bonds. The van der Waals surface area contributed by atoms with Crippen LogP contribution in [-0.2, 0) is 11.2 Å². The number of hydrogen-bond acceptors (Lipinski definition) is 1. The molecule has 5 heteroatoms. The highest BCUT2D eigenvalue weighted by molar-refractivity contribution is 5.70. The van der Waals surface area contributed by atoms with Gasteiger partial charge in [-0.3, -0.25) is 4.79 Å². The summed E-state index contributed by atoms with van der Waals surface area (Å²) in [5.41, 5.74) is -0.117. The molecular formula is C11H11F3O2. The summed E-state index contributed by atoms with van der Waals surface area (Å²) >= 11 is 0. The lowest BCUT2D eigenvalue weighted by atomic mass is 9.96. The molecule has 0 bridgehead atoms. The van der Waals surface area contributed by atoms with E-state index in [-0.39, 0.29) is 12.0 Å². The minimum atomic E-state index is -1.27. The lowest BCUT2D eigenvalue weighted by molar-refractivity contribution is -0.141. The van der Waals surface area contributed by atoms with Crippen molar-refractivity contribution in [2.45, 2.75) is 19.8 Å². The van der Waals surface area contributed by atoms with Crippen LogP contribution in [0.2, 0.25) is 0 Å². The first kappa shape index (κ1) is 12.5. The van der Waals surface area contributed by atoms with Crippen molar-refractivity contribution in [3.05, 3.63) is 35.1 Å². The molecular weight excluding hydrogens is 221 g/mol. The first-order valence-corrected chi connectivity index (χ1v) is 4.82. The van der Waals surface area contributed by atoms with Crippen molar-refractivity contribution in [3.8, 4) is 0 Å². The van der Waals surface area contributed by atoms with E-state index in [4.69, 9.17) is 5.11 Å². The van der Waals surface area contributed by atoms with Crippen molar-refractivity contribution in [2.75, 3.05) is 0 Å². The van der Waals surface area contributed by atoms with Gasteiger partial charge < -0.3 is 5.11 Å². The molecule has 1 N–H and O–H groups in total. The van der Waals surface area contributed by atoms with Crippen molar-refractivity contribution >= 4 is 5.97 Å². The van der Waals surface area contributed by atoms with E-state index in [0.717, 1.165) is 0 Å². The van der Waals surface area contributed by atoms with Gasteiger partial charge in [-0.2, -0.15) is 0 Å². The standard InChI is InChI=1S/C11H11F3O2/c1-2-6(11(15)16)3-7-4-9(13)10(14)5-8(7)12/h4-6H,2-3H2,1H3,(H,15,16). The zero-order valence-corrected chi connectivity index (χ0v) is 8.64. The molecule has 2 nitrogen and oxygen atoms in total. The van der Waals surface area contributed by atoms with Gasteiger partial charge in [0.1, 0.15) is 5.82 Å². The van der Waals surface area contributed by atoms with E-state index in [0.29, 0.717) is 18.6 Å². The Labute approximate surface area is 90.7 Å². The fraction of sp³-hybridized carbons (Fsp3) is 0.364. The molecule has 0 radical (unpaired) electrons. The smallest absolute Gasteiger partial charge is 0.306 e. The maximum absolute atomic E-state index is 13.2. The molecule has 0 aliphatic heterocycles. The van der Waals surface area contributed by atoms with Crippen LogP contribution in [0.5, 0.6) is 0 Å². The Hall–Kier alpha value is -1.52. The number of aliphatic carboxylic acids is 1. The van der Waals surface area contributed by atoms with E-state index < -0.39 is 29.3 Å². The first-order valence-electron chi connectivity index (χ1n) is 4.82. The molecule has 16 heavy (non-hydrogen) atoms. The highest BCUT2D eigenvalue weighted by atomic mass is 19.2. The number of benzene rings is 1. The van der Waals surface area contributed by atoms with E-state index >= 15 is 0 Å². The molecule has 0 saturated carbocycles. The second kappa shape index (κ2) is 5.01. The van der Waals surface area contributed by atoms with Crippen LogP contribution in [0.4, 0.5) is 13.2 Å². The van der Waals surface area contributed by atoms with Crippen molar-refractivity contribution in [2.24, 2.45) is 5.92 Å². The minimum Gasteiger partial charge on any atom is -0.481 e. The van der Waals surface area contributed by atoms with Crippen molar-refractivity contribution in [1.82, 2.24) is 0 Å². The topological polar surface area (TPSA) is 37.3 Å². The molecule has 0 saturated heterocycles. The normalized spacial score (nSPS) is 12.5. The van der Waals surface area contributed by atoms with Crippen LogP contribution in [0.3, 0.4) is 0 Å². The average Bonchev–Trinajstić information content (AvgIpc) is 2.21. The third kappa shape index (κ3) is 2.74. The Balaban J connectivity index is 2.96. The minimum absolute atomic E-state index is 0.117. The number of rotatable bonds is 4. The highest BCUT2D eigenvalue weighted by Crippen LogP contribution is 2.19. The Morgan fingerprint density at radius 3 is 2.31 bits per heavy atom. The fourth-order valence-electron chi connectivity index (χ4n) is 1.39. The SMILES string of the molecule is CCC(Cc1cc(F)c(F)cc1F)C(=O)O. The summed E-state index contributed by atoms with van der Waals surface area (Å²) in [5.74, 6) is -5.23. The van der Waals surface area contributed by atoms with Gasteiger partial charge in [0.2, 0.25) is 0 Å². The van der Waals surface area contributed by atoms with Crippen LogP contribution < -0.4 is 0 Å². The summed E-state index contributed by atoms with van der Waals surface area (Å²) in [6.07, 6.45) is 0.155. The molecule has 1 atom stereocenters.